The third-order valence-electron chi connectivity index (χ3n) is 3.50. The summed E-state index contributed by atoms with van der Waals surface area (Å²) >= 11 is 5.07. The lowest BCUT2D eigenvalue weighted by atomic mass is 10.2. The van der Waals surface area contributed by atoms with Crippen LogP contribution in [0.5, 0.6) is 0 Å². The minimum atomic E-state index is -3.54. The number of hydrogen-bond acceptors (Lipinski definition) is 4. The average Bonchev–Trinajstić information content (AvgIpc) is 2.66. The highest BCUT2D eigenvalue weighted by Crippen LogP contribution is 2.14. The molecule has 0 aliphatic carbocycles. The summed E-state index contributed by atoms with van der Waals surface area (Å²) in [5.41, 5.74) is 1.20. The van der Waals surface area contributed by atoms with Crippen molar-refractivity contribution in [3.63, 3.8) is 0 Å². The topological polar surface area (TPSA) is 87.3 Å². The second-order valence-electron chi connectivity index (χ2n) is 5.75. The molecule has 2 aromatic rings. The van der Waals surface area contributed by atoms with Crippen molar-refractivity contribution in [3.05, 3.63) is 66.0 Å². The zero-order valence-electron chi connectivity index (χ0n) is 15.1. The number of rotatable bonds is 7. The van der Waals surface area contributed by atoms with E-state index < -0.39 is 15.9 Å². The van der Waals surface area contributed by atoms with Gasteiger partial charge in [0, 0.05) is 18.3 Å². The molecule has 1 amide bonds. The van der Waals surface area contributed by atoms with E-state index in [0.717, 1.165) is 0 Å². The molecule has 148 valence electrons. The van der Waals surface area contributed by atoms with Gasteiger partial charge in [0.2, 0.25) is 15.9 Å². The van der Waals surface area contributed by atoms with Crippen LogP contribution in [0.25, 0.3) is 6.08 Å². The SMILES string of the molecule is CCCNS(=O)(=O)c1ccc(NC(=S)NC(=O)C=Cc2ccc(F)cc2)cc1. The highest BCUT2D eigenvalue weighted by Gasteiger charge is 2.12. The molecule has 3 N–H and O–H groups in total. The molecule has 28 heavy (non-hydrogen) atoms. The fourth-order valence-corrected chi connectivity index (χ4v) is 3.45. The summed E-state index contributed by atoms with van der Waals surface area (Å²) in [7, 11) is -3.54. The maximum absolute atomic E-state index is 12.8. The van der Waals surface area contributed by atoms with Gasteiger partial charge in [-0.3, -0.25) is 10.1 Å². The highest BCUT2D eigenvalue weighted by molar-refractivity contribution is 7.89. The van der Waals surface area contributed by atoms with Crippen molar-refractivity contribution in [2.24, 2.45) is 0 Å². The quantitative estimate of drug-likeness (QED) is 0.473. The van der Waals surface area contributed by atoms with Crippen LogP contribution in [0.4, 0.5) is 10.1 Å². The third-order valence-corrected chi connectivity index (χ3v) is 5.18. The fourth-order valence-electron chi connectivity index (χ4n) is 2.10. The number of thiocarbonyl (C=S) groups is 1. The van der Waals surface area contributed by atoms with Crippen LogP contribution in [0.2, 0.25) is 0 Å². The van der Waals surface area contributed by atoms with Crippen LogP contribution in [0.15, 0.2) is 59.5 Å². The zero-order chi connectivity index (χ0) is 20.6. The van der Waals surface area contributed by atoms with Crippen LogP contribution in [-0.4, -0.2) is 26.0 Å². The predicted molar refractivity (Wildman–Crippen MR) is 112 cm³/mol. The lowest BCUT2D eigenvalue weighted by Gasteiger charge is -2.10. The minimum absolute atomic E-state index is 0.0634. The van der Waals surface area contributed by atoms with Gasteiger partial charge in [0.15, 0.2) is 5.11 Å². The van der Waals surface area contributed by atoms with E-state index in [2.05, 4.69) is 15.4 Å². The van der Waals surface area contributed by atoms with Crippen molar-refractivity contribution in [3.8, 4) is 0 Å². The smallest absolute Gasteiger partial charge is 0.250 e. The highest BCUT2D eigenvalue weighted by atomic mass is 32.2. The second-order valence-corrected chi connectivity index (χ2v) is 7.93. The number of nitrogens with one attached hydrogen (secondary N) is 3. The molecule has 0 aliphatic rings. The monoisotopic (exact) mass is 421 g/mol. The Morgan fingerprint density at radius 1 is 1.11 bits per heavy atom. The van der Waals surface area contributed by atoms with Crippen molar-refractivity contribution in [1.29, 1.82) is 0 Å². The Balaban J connectivity index is 1.90. The van der Waals surface area contributed by atoms with Gasteiger partial charge in [-0.1, -0.05) is 19.1 Å². The Morgan fingerprint density at radius 3 is 2.36 bits per heavy atom. The van der Waals surface area contributed by atoms with E-state index in [1.165, 1.54) is 36.4 Å². The largest absolute Gasteiger partial charge is 0.332 e. The van der Waals surface area contributed by atoms with Gasteiger partial charge in [-0.05, 0) is 66.7 Å². The molecule has 0 fully saturated rings. The maximum Gasteiger partial charge on any atom is 0.250 e. The van der Waals surface area contributed by atoms with Crippen molar-refractivity contribution in [2.45, 2.75) is 18.2 Å². The Labute approximate surface area is 168 Å². The summed E-state index contributed by atoms with van der Waals surface area (Å²) in [4.78, 5) is 12.0. The number of hydrogen-bond donors (Lipinski definition) is 3. The summed E-state index contributed by atoms with van der Waals surface area (Å²) in [5, 5.41) is 5.34. The fraction of sp³-hybridized carbons (Fsp3) is 0.158. The van der Waals surface area contributed by atoms with E-state index >= 15 is 0 Å². The molecular weight excluding hydrogens is 401 g/mol. The molecule has 0 unspecified atom stereocenters. The first kappa shape index (κ1) is 21.7. The number of amides is 1. The lowest BCUT2D eigenvalue weighted by Crippen LogP contribution is -2.32. The molecule has 6 nitrogen and oxygen atoms in total. The summed E-state index contributed by atoms with van der Waals surface area (Å²) in [5.74, 6) is -0.809. The van der Waals surface area contributed by atoms with E-state index in [4.69, 9.17) is 12.2 Å². The van der Waals surface area contributed by atoms with E-state index in [1.807, 2.05) is 6.92 Å². The number of sulfonamides is 1. The van der Waals surface area contributed by atoms with Gasteiger partial charge in [0.25, 0.3) is 0 Å². The molecule has 0 saturated heterocycles. The Bertz CT molecular complexity index is 957. The summed E-state index contributed by atoms with van der Waals surface area (Å²) in [6.45, 7) is 2.24. The zero-order valence-corrected chi connectivity index (χ0v) is 16.7. The van der Waals surface area contributed by atoms with Gasteiger partial charge in [-0.15, -0.1) is 0 Å². The number of anilines is 1. The first-order valence-electron chi connectivity index (χ1n) is 8.45. The second kappa shape index (κ2) is 10.1. The number of benzene rings is 2. The maximum atomic E-state index is 12.8. The molecule has 9 heteroatoms. The van der Waals surface area contributed by atoms with Crippen molar-refractivity contribution in [2.75, 3.05) is 11.9 Å². The van der Waals surface area contributed by atoms with Gasteiger partial charge in [-0.2, -0.15) is 0 Å². The summed E-state index contributed by atoms with van der Waals surface area (Å²) in [6.07, 6.45) is 3.50. The van der Waals surface area contributed by atoms with E-state index in [0.29, 0.717) is 24.2 Å². The van der Waals surface area contributed by atoms with Crippen LogP contribution in [0.3, 0.4) is 0 Å². The first-order valence-corrected chi connectivity index (χ1v) is 10.3. The third kappa shape index (κ3) is 6.84. The van der Waals surface area contributed by atoms with Crippen LogP contribution in [0.1, 0.15) is 18.9 Å². The predicted octanol–water partition coefficient (Wildman–Crippen LogP) is 3.04. The van der Waals surface area contributed by atoms with Crippen molar-refractivity contribution in [1.82, 2.24) is 10.0 Å². The Kier molecular flexibility index (Phi) is 7.80. The molecule has 2 rings (SSSR count). The summed E-state index contributed by atoms with van der Waals surface area (Å²) in [6, 6.07) is 11.7. The average molecular weight is 422 g/mol. The normalized spacial score (nSPS) is 11.4. The molecule has 2 aromatic carbocycles. The lowest BCUT2D eigenvalue weighted by molar-refractivity contribution is -0.115. The molecule has 0 atom stereocenters. The summed E-state index contributed by atoms with van der Waals surface area (Å²) < 4.78 is 39.4. The van der Waals surface area contributed by atoms with Crippen LogP contribution in [-0.2, 0) is 14.8 Å². The van der Waals surface area contributed by atoms with Crippen molar-refractivity contribution < 1.29 is 17.6 Å². The minimum Gasteiger partial charge on any atom is -0.332 e. The van der Waals surface area contributed by atoms with E-state index in [-0.39, 0.29) is 15.8 Å². The molecular formula is C19H20FN3O3S2. The molecule has 0 heterocycles. The molecule has 0 spiro atoms. The molecule has 0 bridgehead atoms. The Morgan fingerprint density at radius 2 is 1.75 bits per heavy atom. The van der Waals surface area contributed by atoms with E-state index in [9.17, 15) is 17.6 Å². The molecule has 0 saturated carbocycles. The van der Waals surface area contributed by atoms with E-state index in [1.54, 1.807) is 24.3 Å². The molecule has 0 aliphatic heterocycles. The standard InChI is InChI=1S/C19H20FN3O3S2/c1-2-13-21-28(25,26)17-10-8-16(9-11-17)22-19(27)23-18(24)12-5-14-3-6-15(20)7-4-14/h3-12,21H,2,13H2,1H3,(H2,22,23,24,27). The van der Waals surface area contributed by atoms with Gasteiger partial charge in [0.1, 0.15) is 5.82 Å². The number of halogens is 1. The van der Waals surface area contributed by atoms with Crippen molar-refractivity contribution >= 4 is 45.0 Å². The number of carbonyl (C=O) groups is 1. The van der Waals surface area contributed by atoms with Gasteiger partial charge >= 0.3 is 0 Å². The first-order chi connectivity index (χ1) is 13.3. The van der Waals surface area contributed by atoms with Crippen LogP contribution < -0.4 is 15.4 Å². The van der Waals surface area contributed by atoms with Crippen LogP contribution >= 0.6 is 12.2 Å². The number of carbonyl (C=O) groups excluding carboxylic acids is 1. The molecule has 0 radical (unpaired) electrons. The Hall–Kier alpha value is -2.62. The van der Waals surface area contributed by atoms with Gasteiger partial charge < -0.3 is 5.32 Å². The van der Waals surface area contributed by atoms with Gasteiger partial charge in [0.05, 0.1) is 4.90 Å². The van der Waals surface area contributed by atoms with Crippen LogP contribution in [0, 0.1) is 5.82 Å². The molecule has 0 aromatic heterocycles. The van der Waals surface area contributed by atoms with Gasteiger partial charge in [-0.25, -0.2) is 17.5 Å².